The van der Waals surface area contributed by atoms with Gasteiger partial charge in [-0.2, -0.15) is 0 Å². The van der Waals surface area contributed by atoms with Crippen LogP contribution in [0.15, 0.2) is 83.8 Å². The van der Waals surface area contributed by atoms with Gasteiger partial charge in [-0.25, -0.2) is 12.8 Å². The van der Waals surface area contributed by atoms with Crippen molar-refractivity contribution in [3.63, 3.8) is 0 Å². The average molecular weight is 441 g/mol. The molecule has 0 heterocycles. The Morgan fingerprint density at radius 2 is 1.58 bits per heavy atom. The van der Waals surface area contributed by atoms with Gasteiger partial charge >= 0.3 is 0 Å². The smallest absolute Gasteiger partial charge is 0.264 e. The maximum atomic E-state index is 14.5. The van der Waals surface area contributed by atoms with Gasteiger partial charge in [-0.1, -0.05) is 67.1 Å². The molecule has 1 amide bonds. The predicted octanol–water partition coefficient (Wildman–Crippen LogP) is 4.60. The highest BCUT2D eigenvalue weighted by Gasteiger charge is 2.29. The summed E-state index contributed by atoms with van der Waals surface area (Å²) in [5.74, 6) is -1.24. The molecular weight excluding hydrogens is 415 g/mol. The van der Waals surface area contributed by atoms with Gasteiger partial charge in [0.15, 0.2) is 0 Å². The molecule has 0 fully saturated rings. The number of aryl methyl sites for hydroxylation is 1. The lowest BCUT2D eigenvalue weighted by atomic mass is 10.0. The topological polar surface area (TPSA) is 66.5 Å². The second-order valence-corrected chi connectivity index (χ2v) is 9.08. The van der Waals surface area contributed by atoms with Gasteiger partial charge in [0, 0.05) is 0 Å². The molecule has 3 aromatic rings. The molecule has 7 heteroatoms. The summed E-state index contributed by atoms with van der Waals surface area (Å²) in [6.07, 6.45) is 0.625. The molecule has 0 aliphatic heterocycles. The van der Waals surface area contributed by atoms with Gasteiger partial charge in [0.05, 0.1) is 16.6 Å². The second-order valence-electron chi connectivity index (χ2n) is 7.22. The summed E-state index contributed by atoms with van der Waals surface area (Å²) in [5, 5.41) is 2.88. The molecule has 1 N–H and O–H groups in total. The van der Waals surface area contributed by atoms with Crippen LogP contribution in [0.2, 0.25) is 0 Å². The van der Waals surface area contributed by atoms with Crippen LogP contribution in [-0.4, -0.2) is 20.9 Å². The fraction of sp³-hybridized carbons (Fsp3) is 0.208. The number of halogens is 1. The predicted molar refractivity (Wildman–Crippen MR) is 120 cm³/mol. The van der Waals surface area contributed by atoms with E-state index in [1.807, 2.05) is 38.1 Å². The zero-order valence-electron chi connectivity index (χ0n) is 17.5. The number of carbonyl (C=O) groups is 1. The summed E-state index contributed by atoms with van der Waals surface area (Å²) in [6, 6.07) is 20.7. The van der Waals surface area contributed by atoms with Gasteiger partial charge in [0.25, 0.3) is 10.0 Å². The fourth-order valence-electron chi connectivity index (χ4n) is 3.26. The van der Waals surface area contributed by atoms with Crippen LogP contribution in [0.3, 0.4) is 0 Å². The summed E-state index contributed by atoms with van der Waals surface area (Å²) >= 11 is 0. The van der Waals surface area contributed by atoms with E-state index in [4.69, 9.17) is 0 Å². The number of anilines is 1. The van der Waals surface area contributed by atoms with Gasteiger partial charge < -0.3 is 5.32 Å². The Hall–Kier alpha value is -3.19. The average Bonchev–Trinajstić information content (AvgIpc) is 2.77. The highest BCUT2D eigenvalue weighted by Crippen LogP contribution is 2.26. The molecule has 31 heavy (non-hydrogen) atoms. The van der Waals surface area contributed by atoms with Crippen molar-refractivity contribution in [2.45, 2.75) is 31.2 Å². The summed E-state index contributed by atoms with van der Waals surface area (Å²) < 4.78 is 41.9. The van der Waals surface area contributed by atoms with Crippen molar-refractivity contribution in [3.05, 3.63) is 95.8 Å². The number of rotatable bonds is 8. The largest absolute Gasteiger partial charge is 0.348 e. The van der Waals surface area contributed by atoms with Gasteiger partial charge in [-0.05, 0) is 43.2 Å². The molecule has 0 radical (unpaired) electrons. The van der Waals surface area contributed by atoms with Crippen LogP contribution in [0.5, 0.6) is 0 Å². The molecule has 162 valence electrons. The maximum absolute atomic E-state index is 14.5. The lowest BCUT2D eigenvalue weighted by Crippen LogP contribution is -2.42. The molecule has 1 atom stereocenters. The van der Waals surface area contributed by atoms with E-state index in [2.05, 4.69) is 5.32 Å². The van der Waals surface area contributed by atoms with E-state index < -0.39 is 28.3 Å². The third kappa shape index (κ3) is 5.30. The number of nitrogens with one attached hydrogen (secondary N) is 1. The quantitative estimate of drug-likeness (QED) is 0.557. The molecule has 5 nitrogen and oxygen atoms in total. The minimum Gasteiger partial charge on any atom is -0.348 e. The van der Waals surface area contributed by atoms with Crippen molar-refractivity contribution in [2.24, 2.45) is 0 Å². The Morgan fingerprint density at radius 1 is 0.968 bits per heavy atom. The Bertz CT molecular complexity index is 1130. The summed E-state index contributed by atoms with van der Waals surface area (Å²) in [6.45, 7) is 3.37. The maximum Gasteiger partial charge on any atom is 0.264 e. The van der Waals surface area contributed by atoms with Gasteiger partial charge in [0.1, 0.15) is 12.4 Å². The zero-order chi connectivity index (χ0) is 22.4. The number of nitrogens with zero attached hydrogens (tertiary/aromatic N) is 1. The first kappa shape index (κ1) is 22.5. The molecule has 0 aromatic heterocycles. The Morgan fingerprint density at radius 3 is 2.19 bits per heavy atom. The number of para-hydroxylation sites is 1. The molecular formula is C24H25FN2O3S. The van der Waals surface area contributed by atoms with E-state index in [1.54, 1.807) is 18.2 Å². The molecule has 0 saturated heterocycles. The number of hydrogen-bond donors (Lipinski definition) is 1. The molecule has 3 aromatic carbocycles. The molecule has 3 rings (SSSR count). The number of hydrogen-bond acceptors (Lipinski definition) is 3. The molecule has 0 aliphatic carbocycles. The highest BCUT2D eigenvalue weighted by molar-refractivity contribution is 7.92. The Balaban J connectivity index is 1.91. The standard InChI is InChI=1S/C24H25FN2O3S/c1-3-22(19-15-13-18(2)14-16-19)26-24(28)17-27(23-12-8-7-11-21(23)25)31(29,30)20-9-5-4-6-10-20/h4-16,22H,3,17H2,1-2H3,(H,26,28)/t22-/m0/s1. The summed E-state index contributed by atoms with van der Waals surface area (Å²) in [4.78, 5) is 12.9. The van der Waals surface area contributed by atoms with Gasteiger partial charge in [0.2, 0.25) is 5.91 Å². The van der Waals surface area contributed by atoms with E-state index in [-0.39, 0.29) is 16.6 Å². The van der Waals surface area contributed by atoms with E-state index in [9.17, 15) is 17.6 Å². The van der Waals surface area contributed by atoms with Crippen LogP contribution < -0.4 is 9.62 Å². The molecule has 0 unspecified atom stereocenters. The first-order chi connectivity index (χ1) is 14.8. The first-order valence-electron chi connectivity index (χ1n) is 10.0. The van der Waals surface area contributed by atoms with Crippen molar-refractivity contribution < 1.29 is 17.6 Å². The normalized spacial score (nSPS) is 12.2. The summed E-state index contributed by atoms with van der Waals surface area (Å²) in [7, 11) is -4.15. The lowest BCUT2D eigenvalue weighted by Gasteiger charge is -2.26. The molecule has 0 spiro atoms. The second kappa shape index (κ2) is 9.75. The van der Waals surface area contributed by atoms with Crippen molar-refractivity contribution in [2.75, 3.05) is 10.8 Å². The number of benzene rings is 3. The van der Waals surface area contributed by atoms with E-state index in [0.29, 0.717) is 6.42 Å². The Labute approximate surface area is 182 Å². The minimum absolute atomic E-state index is 0.0170. The third-order valence-corrected chi connectivity index (χ3v) is 6.74. The number of carbonyl (C=O) groups excluding carboxylic acids is 1. The summed E-state index contributed by atoms with van der Waals surface area (Å²) in [5.41, 5.74) is 1.85. The molecule has 0 aliphatic rings. The first-order valence-corrected chi connectivity index (χ1v) is 11.4. The van der Waals surface area contributed by atoms with Crippen LogP contribution in [0.4, 0.5) is 10.1 Å². The van der Waals surface area contributed by atoms with E-state index >= 15 is 0 Å². The van der Waals surface area contributed by atoms with E-state index in [1.165, 1.54) is 36.4 Å². The van der Waals surface area contributed by atoms with Gasteiger partial charge in [-0.15, -0.1) is 0 Å². The Kier molecular flexibility index (Phi) is 7.07. The zero-order valence-corrected chi connectivity index (χ0v) is 18.3. The van der Waals surface area contributed by atoms with Crippen LogP contribution in [0, 0.1) is 12.7 Å². The number of sulfonamides is 1. The van der Waals surface area contributed by atoms with Gasteiger partial charge in [-0.3, -0.25) is 9.10 Å². The number of amides is 1. The molecule has 0 saturated carbocycles. The monoisotopic (exact) mass is 440 g/mol. The van der Waals surface area contributed by atoms with Crippen molar-refractivity contribution in [3.8, 4) is 0 Å². The van der Waals surface area contributed by atoms with Crippen LogP contribution in [-0.2, 0) is 14.8 Å². The SMILES string of the molecule is CC[C@H](NC(=O)CN(c1ccccc1F)S(=O)(=O)c1ccccc1)c1ccc(C)cc1. The van der Waals surface area contributed by atoms with Crippen LogP contribution in [0.1, 0.15) is 30.5 Å². The third-order valence-electron chi connectivity index (χ3n) is 4.96. The van der Waals surface area contributed by atoms with Crippen molar-refractivity contribution >= 4 is 21.6 Å². The van der Waals surface area contributed by atoms with Crippen molar-refractivity contribution in [1.82, 2.24) is 5.32 Å². The highest BCUT2D eigenvalue weighted by atomic mass is 32.2. The van der Waals surface area contributed by atoms with Crippen LogP contribution >= 0.6 is 0 Å². The van der Waals surface area contributed by atoms with E-state index in [0.717, 1.165) is 15.4 Å². The lowest BCUT2D eigenvalue weighted by molar-refractivity contribution is -0.120. The minimum atomic E-state index is -4.15. The fourth-order valence-corrected chi connectivity index (χ4v) is 4.71. The molecule has 0 bridgehead atoms. The van der Waals surface area contributed by atoms with Crippen LogP contribution in [0.25, 0.3) is 0 Å². The van der Waals surface area contributed by atoms with Crippen molar-refractivity contribution in [1.29, 1.82) is 0 Å².